The fourth-order valence-corrected chi connectivity index (χ4v) is 6.07. The van der Waals surface area contributed by atoms with Gasteiger partial charge in [-0.15, -0.1) is 32.9 Å². The number of fused-ring (bicyclic) bond motifs is 1. The Morgan fingerprint density at radius 1 is 1.06 bits per heavy atom. The van der Waals surface area contributed by atoms with E-state index in [-0.39, 0.29) is 23.1 Å². The molecule has 4 aromatic heterocycles. The number of anilines is 1. The molecule has 0 radical (unpaired) electrons. The fraction of sp³-hybridized carbons (Fsp3) is 0.458. The van der Waals surface area contributed by atoms with Gasteiger partial charge in [-0.05, 0) is 26.7 Å². The van der Waals surface area contributed by atoms with Crippen LogP contribution in [0.1, 0.15) is 82.6 Å². The highest BCUT2D eigenvalue weighted by atomic mass is 32.1. The molecule has 5 rings (SSSR count). The molecule has 0 unspecified atom stereocenters. The summed E-state index contributed by atoms with van der Waals surface area (Å²) in [6, 6.07) is 1.84. The molecular formula is C24H28N8O2S2. The third kappa shape index (κ3) is 4.74. The van der Waals surface area contributed by atoms with Gasteiger partial charge in [0.1, 0.15) is 5.69 Å². The van der Waals surface area contributed by atoms with Gasteiger partial charge in [-0.3, -0.25) is 14.9 Å². The van der Waals surface area contributed by atoms with Crippen LogP contribution in [-0.2, 0) is 5.41 Å². The Balaban J connectivity index is 1.21. The Labute approximate surface area is 216 Å². The molecule has 10 nitrogen and oxygen atoms in total. The van der Waals surface area contributed by atoms with Gasteiger partial charge in [-0.25, -0.2) is 14.5 Å². The molecule has 1 aliphatic heterocycles. The predicted molar refractivity (Wildman–Crippen MR) is 139 cm³/mol. The van der Waals surface area contributed by atoms with Crippen molar-refractivity contribution in [3.8, 4) is 0 Å². The summed E-state index contributed by atoms with van der Waals surface area (Å²) in [5, 5.41) is 20.9. The maximum Gasteiger partial charge on any atom is 0.276 e. The Morgan fingerprint density at radius 3 is 2.50 bits per heavy atom. The Bertz CT molecular complexity index is 1440. The third-order valence-electron chi connectivity index (χ3n) is 6.31. The molecule has 0 atom stereocenters. The summed E-state index contributed by atoms with van der Waals surface area (Å²) >= 11 is 2.91. The number of thiazole rings is 2. The van der Waals surface area contributed by atoms with Crippen LogP contribution in [0.2, 0.25) is 0 Å². The van der Waals surface area contributed by atoms with Crippen molar-refractivity contribution in [3.05, 3.63) is 50.3 Å². The highest BCUT2D eigenvalue weighted by Gasteiger charge is 2.29. The molecule has 188 valence electrons. The summed E-state index contributed by atoms with van der Waals surface area (Å²) in [4.78, 5) is 36.8. The average molecular weight is 525 g/mol. The molecule has 0 bridgehead atoms. The maximum atomic E-state index is 13.2. The first-order chi connectivity index (χ1) is 17.1. The number of aromatic nitrogens is 6. The minimum absolute atomic E-state index is 0.0697. The first-order valence-corrected chi connectivity index (χ1v) is 13.6. The molecule has 0 aliphatic carbocycles. The standard InChI is InChI=1S/C24H28N8O2S2/c1-13-10-18-28-29-19(14(2)32(18)30-13)22(34)31-8-6-15(7-9-31)21-25-16(11-35-21)20(33)27-23-26-17(12-36-23)24(3,4)5/h10-12,15H,6-9H2,1-5H3,(H,26,27,33). The summed E-state index contributed by atoms with van der Waals surface area (Å²) in [5.74, 6) is -0.180. The smallest absolute Gasteiger partial charge is 0.276 e. The molecule has 1 saturated heterocycles. The topological polar surface area (TPSA) is 118 Å². The van der Waals surface area contributed by atoms with Crippen LogP contribution in [0.5, 0.6) is 0 Å². The molecule has 0 spiro atoms. The number of piperidine rings is 1. The molecule has 1 aliphatic rings. The van der Waals surface area contributed by atoms with E-state index >= 15 is 0 Å². The second-order valence-electron chi connectivity index (χ2n) is 10.1. The van der Waals surface area contributed by atoms with Gasteiger partial charge in [0.15, 0.2) is 16.5 Å². The van der Waals surface area contributed by atoms with Crippen molar-refractivity contribution in [1.82, 2.24) is 34.7 Å². The molecule has 5 heterocycles. The van der Waals surface area contributed by atoms with Crippen LogP contribution in [0.3, 0.4) is 0 Å². The number of hydrogen-bond donors (Lipinski definition) is 1. The lowest BCUT2D eigenvalue weighted by Gasteiger charge is -2.31. The van der Waals surface area contributed by atoms with E-state index in [1.165, 1.54) is 22.7 Å². The van der Waals surface area contributed by atoms with E-state index in [2.05, 4.69) is 51.4 Å². The van der Waals surface area contributed by atoms with Gasteiger partial charge in [-0.1, -0.05) is 20.8 Å². The van der Waals surface area contributed by atoms with Crippen LogP contribution in [0.15, 0.2) is 16.8 Å². The van der Waals surface area contributed by atoms with E-state index < -0.39 is 0 Å². The fourth-order valence-electron chi connectivity index (χ4n) is 4.17. The lowest BCUT2D eigenvalue weighted by atomic mass is 9.93. The van der Waals surface area contributed by atoms with Crippen molar-refractivity contribution in [3.63, 3.8) is 0 Å². The Morgan fingerprint density at radius 2 is 1.81 bits per heavy atom. The van der Waals surface area contributed by atoms with Crippen molar-refractivity contribution in [1.29, 1.82) is 0 Å². The zero-order valence-corrected chi connectivity index (χ0v) is 22.5. The van der Waals surface area contributed by atoms with Gasteiger partial charge in [0.25, 0.3) is 11.8 Å². The quantitative estimate of drug-likeness (QED) is 0.424. The normalized spacial score (nSPS) is 15.0. The van der Waals surface area contributed by atoms with E-state index in [1.54, 1.807) is 9.90 Å². The zero-order valence-electron chi connectivity index (χ0n) is 20.9. The SMILES string of the molecule is Cc1cc2nnc(C(=O)N3CCC(c4nc(C(=O)Nc5nc(C(C)(C)C)cs5)cs4)CC3)c(C)n2n1. The number of likely N-dealkylation sites (tertiary alicyclic amines) is 1. The van der Waals surface area contributed by atoms with E-state index in [0.717, 1.165) is 29.2 Å². The number of rotatable bonds is 4. The molecule has 1 fully saturated rings. The van der Waals surface area contributed by atoms with Crippen LogP contribution in [-0.4, -0.2) is 59.6 Å². The molecule has 0 aromatic carbocycles. The monoisotopic (exact) mass is 524 g/mol. The van der Waals surface area contributed by atoms with Gasteiger partial charge in [0.2, 0.25) is 0 Å². The number of nitrogens with one attached hydrogen (secondary N) is 1. The summed E-state index contributed by atoms with van der Waals surface area (Å²) in [7, 11) is 0. The summed E-state index contributed by atoms with van der Waals surface area (Å²) < 4.78 is 1.67. The molecule has 36 heavy (non-hydrogen) atoms. The number of amides is 2. The summed E-state index contributed by atoms with van der Waals surface area (Å²) in [5.41, 5.74) is 3.75. The number of hydrogen-bond acceptors (Lipinski definition) is 9. The highest BCUT2D eigenvalue weighted by Crippen LogP contribution is 2.32. The minimum Gasteiger partial charge on any atom is -0.337 e. The average Bonchev–Trinajstić information content (AvgIpc) is 3.58. The molecule has 2 amide bonds. The molecule has 0 saturated carbocycles. The van der Waals surface area contributed by atoms with Gasteiger partial charge >= 0.3 is 0 Å². The lowest BCUT2D eigenvalue weighted by Crippen LogP contribution is -2.39. The van der Waals surface area contributed by atoms with Crippen LogP contribution in [0, 0.1) is 13.8 Å². The Kier molecular flexibility index (Phi) is 6.33. The summed E-state index contributed by atoms with van der Waals surface area (Å²) in [6.45, 7) is 11.2. The highest BCUT2D eigenvalue weighted by molar-refractivity contribution is 7.14. The van der Waals surface area contributed by atoms with E-state index in [9.17, 15) is 9.59 Å². The molecule has 12 heteroatoms. The van der Waals surface area contributed by atoms with Gasteiger partial charge in [0.05, 0.1) is 22.1 Å². The predicted octanol–water partition coefficient (Wildman–Crippen LogP) is 4.22. The summed E-state index contributed by atoms with van der Waals surface area (Å²) in [6.07, 6.45) is 1.55. The molecule has 1 N–H and O–H groups in total. The molecular weight excluding hydrogens is 496 g/mol. The van der Waals surface area contributed by atoms with Crippen LogP contribution < -0.4 is 5.32 Å². The Hall–Kier alpha value is -3.25. The van der Waals surface area contributed by atoms with Crippen LogP contribution in [0.4, 0.5) is 5.13 Å². The lowest BCUT2D eigenvalue weighted by molar-refractivity contribution is 0.0704. The van der Waals surface area contributed by atoms with Crippen molar-refractivity contribution in [2.45, 2.75) is 58.8 Å². The third-order valence-corrected chi connectivity index (χ3v) is 8.07. The number of carbonyl (C=O) groups is 2. The second-order valence-corrected chi connectivity index (χ2v) is 11.8. The first kappa shape index (κ1) is 24.4. The van der Waals surface area contributed by atoms with Gasteiger partial charge < -0.3 is 4.90 Å². The van der Waals surface area contributed by atoms with E-state index in [1.807, 2.05) is 30.2 Å². The van der Waals surface area contributed by atoms with Crippen molar-refractivity contribution in [2.75, 3.05) is 18.4 Å². The largest absolute Gasteiger partial charge is 0.337 e. The van der Waals surface area contributed by atoms with Gasteiger partial charge in [-0.2, -0.15) is 5.10 Å². The number of aryl methyl sites for hydroxylation is 2. The second kappa shape index (κ2) is 9.32. The maximum absolute atomic E-state index is 13.2. The van der Waals surface area contributed by atoms with Crippen LogP contribution >= 0.6 is 22.7 Å². The zero-order chi connectivity index (χ0) is 25.6. The van der Waals surface area contributed by atoms with Crippen molar-refractivity contribution in [2.24, 2.45) is 0 Å². The van der Waals surface area contributed by atoms with Crippen molar-refractivity contribution < 1.29 is 9.59 Å². The first-order valence-electron chi connectivity index (χ1n) is 11.8. The van der Waals surface area contributed by atoms with Crippen LogP contribution in [0.25, 0.3) is 5.65 Å². The molecule has 4 aromatic rings. The number of nitrogens with zero attached hydrogens (tertiary/aromatic N) is 7. The minimum atomic E-state index is -0.252. The van der Waals surface area contributed by atoms with E-state index in [0.29, 0.717) is 41.0 Å². The van der Waals surface area contributed by atoms with Crippen molar-refractivity contribution >= 4 is 45.3 Å². The number of carbonyl (C=O) groups excluding carboxylic acids is 2. The van der Waals surface area contributed by atoms with E-state index in [4.69, 9.17) is 0 Å². The van der Waals surface area contributed by atoms with Gasteiger partial charge in [0, 0.05) is 41.2 Å².